The zero-order valence-electron chi connectivity index (χ0n) is 12.1. The maximum absolute atomic E-state index is 12.2. The van der Waals surface area contributed by atoms with Crippen LogP contribution in [0.15, 0.2) is 0 Å². The SMILES string of the molecule is CC(C)C[C@H](CN)CC(=O)N(C)C1CCS(=O)(=O)C1. The van der Waals surface area contributed by atoms with E-state index in [1.165, 1.54) is 0 Å². The molecule has 112 valence electrons. The molecular weight excluding hydrogens is 264 g/mol. The molecule has 0 spiro atoms. The minimum absolute atomic E-state index is 0.0122. The van der Waals surface area contributed by atoms with Crippen molar-refractivity contribution in [2.75, 3.05) is 25.1 Å². The monoisotopic (exact) mass is 290 g/mol. The zero-order chi connectivity index (χ0) is 14.6. The molecule has 1 fully saturated rings. The predicted molar refractivity (Wildman–Crippen MR) is 76.4 cm³/mol. The van der Waals surface area contributed by atoms with Crippen LogP contribution in [-0.4, -0.2) is 50.4 Å². The summed E-state index contributed by atoms with van der Waals surface area (Å²) in [4.78, 5) is 13.8. The molecule has 1 heterocycles. The Balaban J connectivity index is 2.53. The van der Waals surface area contributed by atoms with Crippen LogP contribution in [-0.2, 0) is 14.6 Å². The molecule has 1 aliphatic rings. The molecule has 5 nitrogen and oxygen atoms in total. The molecule has 6 heteroatoms. The fraction of sp³-hybridized carbons (Fsp3) is 0.923. The van der Waals surface area contributed by atoms with Crippen molar-refractivity contribution in [3.05, 3.63) is 0 Å². The number of sulfone groups is 1. The lowest BCUT2D eigenvalue weighted by Crippen LogP contribution is -2.39. The topological polar surface area (TPSA) is 80.5 Å². The molecule has 0 aromatic heterocycles. The van der Waals surface area contributed by atoms with Crippen LogP contribution >= 0.6 is 0 Å². The Morgan fingerprint density at radius 3 is 2.47 bits per heavy atom. The molecule has 0 bridgehead atoms. The highest BCUT2D eigenvalue weighted by molar-refractivity contribution is 7.91. The highest BCUT2D eigenvalue weighted by Gasteiger charge is 2.33. The molecule has 0 saturated carbocycles. The van der Waals surface area contributed by atoms with Gasteiger partial charge in [-0.2, -0.15) is 0 Å². The Bertz CT molecular complexity index is 406. The third-order valence-corrected chi connectivity index (χ3v) is 5.50. The first-order valence-corrected chi connectivity index (χ1v) is 8.73. The van der Waals surface area contributed by atoms with Crippen LogP contribution in [0.1, 0.15) is 33.1 Å². The van der Waals surface area contributed by atoms with Gasteiger partial charge >= 0.3 is 0 Å². The Hall–Kier alpha value is -0.620. The van der Waals surface area contributed by atoms with Crippen molar-refractivity contribution in [3.8, 4) is 0 Å². The minimum atomic E-state index is -2.95. The second kappa shape index (κ2) is 6.70. The normalized spacial score (nSPS) is 23.5. The maximum atomic E-state index is 12.2. The Labute approximate surface area is 116 Å². The second-order valence-corrected chi connectivity index (χ2v) is 8.23. The summed E-state index contributed by atoms with van der Waals surface area (Å²) in [6.45, 7) is 4.72. The largest absolute Gasteiger partial charge is 0.342 e. The summed E-state index contributed by atoms with van der Waals surface area (Å²) in [5.74, 6) is 1.01. The van der Waals surface area contributed by atoms with Crippen LogP contribution in [0.25, 0.3) is 0 Å². The van der Waals surface area contributed by atoms with Gasteiger partial charge in [0, 0.05) is 19.5 Å². The highest BCUT2D eigenvalue weighted by atomic mass is 32.2. The molecule has 0 aromatic rings. The first kappa shape index (κ1) is 16.4. The molecule has 2 N–H and O–H groups in total. The molecule has 1 amide bonds. The van der Waals surface area contributed by atoms with E-state index in [2.05, 4.69) is 13.8 Å². The molecule has 19 heavy (non-hydrogen) atoms. The van der Waals surface area contributed by atoms with E-state index in [0.717, 1.165) is 6.42 Å². The van der Waals surface area contributed by atoms with Gasteiger partial charge in [0.15, 0.2) is 9.84 Å². The van der Waals surface area contributed by atoms with Crippen molar-refractivity contribution in [2.45, 2.75) is 39.2 Å². The van der Waals surface area contributed by atoms with Gasteiger partial charge < -0.3 is 10.6 Å². The van der Waals surface area contributed by atoms with E-state index >= 15 is 0 Å². The Morgan fingerprint density at radius 2 is 2.05 bits per heavy atom. The van der Waals surface area contributed by atoms with E-state index < -0.39 is 9.84 Å². The van der Waals surface area contributed by atoms with Gasteiger partial charge in [0.05, 0.1) is 11.5 Å². The van der Waals surface area contributed by atoms with Gasteiger partial charge in [-0.15, -0.1) is 0 Å². The number of carbonyl (C=O) groups is 1. The third-order valence-electron chi connectivity index (χ3n) is 3.75. The van der Waals surface area contributed by atoms with Crippen LogP contribution in [0.3, 0.4) is 0 Å². The molecule has 1 rings (SSSR count). The average Bonchev–Trinajstić information content (AvgIpc) is 2.67. The first-order chi connectivity index (χ1) is 8.75. The molecule has 1 aliphatic heterocycles. The number of nitrogens with zero attached hydrogens (tertiary/aromatic N) is 1. The van der Waals surface area contributed by atoms with Crippen molar-refractivity contribution in [1.29, 1.82) is 0 Å². The van der Waals surface area contributed by atoms with Crippen molar-refractivity contribution < 1.29 is 13.2 Å². The predicted octanol–water partition coefficient (Wildman–Crippen LogP) is 0.643. The van der Waals surface area contributed by atoms with Crippen LogP contribution in [0, 0.1) is 11.8 Å². The summed E-state index contributed by atoms with van der Waals surface area (Å²) in [5, 5.41) is 0. The molecule has 2 atom stereocenters. The molecule has 0 radical (unpaired) electrons. The minimum Gasteiger partial charge on any atom is -0.342 e. The van der Waals surface area contributed by atoms with Crippen molar-refractivity contribution in [2.24, 2.45) is 17.6 Å². The van der Waals surface area contributed by atoms with Crippen molar-refractivity contribution in [1.82, 2.24) is 4.90 Å². The standard InChI is InChI=1S/C13H26N2O3S/c1-10(2)6-11(8-14)7-13(16)15(3)12-4-5-19(17,18)9-12/h10-12H,4-9,14H2,1-3H3/t11-,12?/m0/s1. The lowest BCUT2D eigenvalue weighted by molar-refractivity contribution is -0.132. The number of rotatable bonds is 6. The van der Waals surface area contributed by atoms with Crippen LogP contribution in [0.5, 0.6) is 0 Å². The number of hydrogen-bond donors (Lipinski definition) is 1. The van der Waals surface area contributed by atoms with Gasteiger partial charge in [-0.05, 0) is 31.2 Å². The van der Waals surface area contributed by atoms with E-state index in [9.17, 15) is 13.2 Å². The van der Waals surface area contributed by atoms with Crippen molar-refractivity contribution >= 4 is 15.7 Å². The first-order valence-electron chi connectivity index (χ1n) is 6.91. The number of carbonyl (C=O) groups excluding carboxylic acids is 1. The lowest BCUT2D eigenvalue weighted by Gasteiger charge is -2.26. The zero-order valence-corrected chi connectivity index (χ0v) is 12.9. The third kappa shape index (κ3) is 5.10. The molecule has 1 unspecified atom stereocenters. The maximum Gasteiger partial charge on any atom is 0.222 e. The molecular formula is C13H26N2O3S. The van der Waals surface area contributed by atoms with Crippen LogP contribution in [0.2, 0.25) is 0 Å². The van der Waals surface area contributed by atoms with E-state index in [4.69, 9.17) is 5.73 Å². The van der Waals surface area contributed by atoms with Gasteiger partial charge in [-0.1, -0.05) is 13.8 Å². The number of amides is 1. The lowest BCUT2D eigenvalue weighted by atomic mass is 9.93. The summed E-state index contributed by atoms with van der Waals surface area (Å²) in [5.41, 5.74) is 5.70. The molecule has 0 aromatic carbocycles. The van der Waals surface area contributed by atoms with E-state index in [-0.39, 0.29) is 29.4 Å². The highest BCUT2D eigenvalue weighted by Crippen LogP contribution is 2.20. The van der Waals surface area contributed by atoms with Gasteiger partial charge in [-0.25, -0.2) is 8.42 Å². The van der Waals surface area contributed by atoms with Gasteiger partial charge in [-0.3, -0.25) is 4.79 Å². The smallest absolute Gasteiger partial charge is 0.222 e. The van der Waals surface area contributed by atoms with Crippen LogP contribution in [0.4, 0.5) is 0 Å². The quantitative estimate of drug-likeness (QED) is 0.778. The fourth-order valence-corrected chi connectivity index (χ4v) is 4.38. The number of nitrogens with two attached hydrogens (primary N) is 1. The van der Waals surface area contributed by atoms with Gasteiger partial charge in [0.1, 0.15) is 0 Å². The van der Waals surface area contributed by atoms with E-state index in [1.54, 1.807) is 11.9 Å². The molecule has 1 saturated heterocycles. The summed E-state index contributed by atoms with van der Waals surface area (Å²) in [6.07, 6.45) is 1.91. The summed E-state index contributed by atoms with van der Waals surface area (Å²) in [6, 6.07) is -0.157. The average molecular weight is 290 g/mol. The van der Waals surface area contributed by atoms with E-state index in [0.29, 0.717) is 25.3 Å². The number of hydrogen-bond acceptors (Lipinski definition) is 4. The Kier molecular flexibility index (Phi) is 5.80. The Morgan fingerprint density at radius 1 is 1.42 bits per heavy atom. The van der Waals surface area contributed by atoms with E-state index in [1.807, 2.05) is 0 Å². The van der Waals surface area contributed by atoms with Gasteiger partial charge in [0.2, 0.25) is 5.91 Å². The summed E-state index contributed by atoms with van der Waals surface area (Å²) < 4.78 is 22.9. The molecule has 0 aliphatic carbocycles. The van der Waals surface area contributed by atoms with Crippen molar-refractivity contribution in [3.63, 3.8) is 0 Å². The fourth-order valence-electron chi connectivity index (χ4n) is 2.60. The summed E-state index contributed by atoms with van der Waals surface area (Å²) in [7, 11) is -1.24. The van der Waals surface area contributed by atoms with Crippen LogP contribution < -0.4 is 5.73 Å². The summed E-state index contributed by atoms with van der Waals surface area (Å²) >= 11 is 0. The second-order valence-electron chi connectivity index (χ2n) is 6.00. The van der Waals surface area contributed by atoms with Gasteiger partial charge in [0.25, 0.3) is 0 Å².